The summed E-state index contributed by atoms with van der Waals surface area (Å²) in [6.07, 6.45) is 7.04. The molecule has 0 spiro atoms. The maximum atomic E-state index is 11.6. The fraction of sp³-hybridized carbons (Fsp3) is 0.455. The molecule has 2 N–H and O–H groups in total. The second-order valence-corrected chi connectivity index (χ2v) is 3.89. The molecule has 1 aliphatic carbocycles. The van der Waals surface area contributed by atoms with Crippen molar-refractivity contribution in [3.63, 3.8) is 0 Å². The molecule has 16 heavy (non-hydrogen) atoms. The largest absolute Gasteiger partial charge is 0.506 e. The molecule has 0 saturated heterocycles. The number of pyridine rings is 1. The van der Waals surface area contributed by atoms with E-state index in [1.165, 1.54) is 18.5 Å². The van der Waals surface area contributed by atoms with Crippen molar-refractivity contribution in [2.45, 2.75) is 31.8 Å². The number of amides is 1. The molecule has 5 heteroatoms. The first kappa shape index (κ1) is 10.9. The summed E-state index contributed by atoms with van der Waals surface area (Å²) in [5.41, 5.74) is 2.67. The van der Waals surface area contributed by atoms with E-state index in [1.807, 2.05) is 0 Å². The molecule has 0 unspecified atom stereocenters. The van der Waals surface area contributed by atoms with Gasteiger partial charge in [0.25, 0.3) is 5.91 Å². The van der Waals surface area contributed by atoms with Crippen LogP contribution in [0, 0.1) is 0 Å². The highest BCUT2D eigenvalue weighted by atomic mass is 16.7. The Balaban J connectivity index is 1.87. The monoisotopic (exact) mass is 222 g/mol. The Morgan fingerprint density at radius 3 is 2.88 bits per heavy atom. The van der Waals surface area contributed by atoms with E-state index in [4.69, 9.17) is 9.94 Å². The van der Waals surface area contributed by atoms with Gasteiger partial charge in [0.1, 0.15) is 5.75 Å². The molecule has 1 aromatic rings. The number of hydrogen-bond donors (Lipinski definition) is 2. The molecule has 86 valence electrons. The number of carbonyl (C=O) groups excluding carboxylic acids is 1. The third-order valence-corrected chi connectivity index (χ3v) is 2.61. The number of carbonyl (C=O) groups is 1. The zero-order valence-electron chi connectivity index (χ0n) is 8.85. The molecule has 0 bridgehead atoms. The van der Waals surface area contributed by atoms with Gasteiger partial charge in [-0.3, -0.25) is 14.6 Å². The van der Waals surface area contributed by atoms with Crippen molar-refractivity contribution in [2.75, 3.05) is 0 Å². The van der Waals surface area contributed by atoms with E-state index in [0.29, 0.717) is 0 Å². The summed E-state index contributed by atoms with van der Waals surface area (Å²) in [4.78, 5) is 20.5. The Kier molecular flexibility index (Phi) is 3.36. The minimum Gasteiger partial charge on any atom is -0.506 e. The molecule has 1 aromatic heterocycles. The summed E-state index contributed by atoms with van der Waals surface area (Å²) >= 11 is 0. The zero-order valence-corrected chi connectivity index (χ0v) is 8.85. The van der Waals surface area contributed by atoms with Crippen molar-refractivity contribution in [1.82, 2.24) is 10.5 Å². The highest BCUT2D eigenvalue weighted by Gasteiger charge is 2.17. The maximum absolute atomic E-state index is 11.6. The number of nitrogens with zero attached hydrogens (tertiary/aromatic N) is 1. The van der Waals surface area contributed by atoms with Crippen molar-refractivity contribution in [3.8, 4) is 5.75 Å². The van der Waals surface area contributed by atoms with Gasteiger partial charge < -0.3 is 5.11 Å². The Hall–Kier alpha value is -1.62. The molecule has 0 aromatic carbocycles. The first-order valence-corrected chi connectivity index (χ1v) is 5.36. The van der Waals surface area contributed by atoms with Gasteiger partial charge in [0.2, 0.25) is 0 Å². The highest BCUT2D eigenvalue weighted by molar-refractivity contribution is 5.93. The van der Waals surface area contributed by atoms with Crippen LogP contribution in [-0.4, -0.2) is 22.1 Å². The van der Waals surface area contributed by atoms with Crippen LogP contribution in [0.5, 0.6) is 5.75 Å². The number of hydrogen-bond acceptors (Lipinski definition) is 4. The smallest absolute Gasteiger partial charge is 0.276 e. The summed E-state index contributed by atoms with van der Waals surface area (Å²) in [7, 11) is 0. The molecule has 1 aliphatic rings. The third kappa shape index (κ3) is 2.70. The normalized spacial score (nSPS) is 16.2. The van der Waals surface area contributed by atoms with Crippen LogP contribution < -0.4 is 5.48 Å². The van der Waals surface area contributed by atoms with Gasteiger partial charge in [-0.15, -0.1) is 0 Å². The lowest BCUT2D eigenvalue weighted by Gasteiger charge is -2.11. The average molecular weight is 222 g/mol. The first-order valence-electron chi connectivity index (χ1n) is 5.36. The van der Waals surface area contributed by atoms with Crippen molar-refractivity contribution in [3.05, 3.63) is 24.0 Å². The van der Waals surface area contributed by atoms with Crippen LogP contribution in [-0.2, 0) is 4.84 Å². The molecule has 2 rings (SSSR count). The van der Waals surface area contributed by atoms with E-state index in [2.05, 4.69) is 10.5 Å². The van der Waals surface area contributed by atoms with Crippen LogP contribution in [0.25, 0.3) is 0 Å². The van der Waals surface area contributed by atoms with Crippen molar-refractivity contribution in [1.29, 1.82) is 0 Å². The fourth-order valence-corrected chi connectivity index (χ4v) is 1.75. The molecular weight excluding hydrogens is 208 g/mol. The van der Waals surface area contributed by atoms with Gasteiger partial charge in [-0.25, -0.2) is 5.48 Å². The number of aromatic hydroxyl groups is 1. The second-order valence-electron chi connectivity index (χ2n) is 3.89. The van der Waals surface area contributed by atoms with Gasteiger partial charge >= 0.3 is 0 Å². The SMILES string of the molecule is O=C(NOC1CCCC1)c1cncc(O)c1. The van der Waals surface area contributed by atoms with E-state index in [-0.39, 0.29) is 23.3 Å². The topological polar surface area (TPSA) is 71.5 Å². The van der Waals surface area contributed by atoms with Gasteiger partial charge in [0, 0.05) is 6.20 Å². The van der Waals surface area contributed by atoms with Gasteiger partial charge in [0.15, 0.2) is 0 Å². The van der Waals surface area contributed by atoms with E-state index in [9.17, 15) is 4.79 Å². The maximum Gasteiger partial charge on any atom is 0.276 e. The Morgan fingerprint density at radius 1 is 1.44 bits per heavy atom. The van der Waals surface area contributed by atoms with Gasteiger partial charge in [-0.2, -0.15) is 0 Å². The van der Waals surface area contributed by atoms with Crippen molar-refractivity contribution < 1.29 is 14.7 Å². The van der Waals surface area contributed by atoms with Crippen LogP contribution in [0.15, 0.2) is 18.5 Å². The van der Waals surface area contributed by atoms with Gasteiger partial charge in [-0.05, 0) is 18.9 Å². The van der Waals surface area contributed by atoms with E-state index >= 15 is 0 Å². The Bertz CT molecular complexity index is 375. The lowest BCUT2D eigenvalue weighted by molar-refractivity contribution is -0.0125. The molecule has 1 amide bonds. The fourth-order valence-electron chi connectivity index (χ4n) is 1.75. The van der Waals surface area contributed by atoms with Crippen molar-refractivity contribution >= 4 is 5.91 Å². The number of nitrogens with one attached hydrogen (secondary N) is 1. The average Bonchev–Trinajstić information content (AvgIpc) is 2.78. The Labute approximate surface area is 93.4 Å². The summed E-state index contributed by atoms with van der Waals surface area (Å²) in [6, 6.07) is 1.35. The Morgan fingerprint density at radius 2 is 2.19 bits per heavy atom. The molecular formula is C11H14N2O3. The molecule has 1 saturated carbocycles. The zero-order chi connectivity index (χ0) is 11.4. The summed E-state index contributed by atoms with van der Waals surface area (Å²) in [5, 5.41) is 9.16. The van der Waals surface area contributed by atoms with Crippen LogP contribution in [0.4, 0.5) is 0 Å². The minimum atomic E-state index is -0.379. The standard InChI is InChI=1S/C11H14N2O3/c14-9-5-8(6-12-7-9)11(15)13-16-10-3-1-2-4-10/h5-7,10,14H,1-4H2,(H,13,15). The molecule has 0 radical (unpaired) electrons. The quantitative estimate of drug-likeness (QED) is 0.758. The number of hydroxylamine groups is 1. The van der Waals surface area contributed by atoms with Crippen LogP contribution in [0.1, 0.15) is 36.0 Å². The minimum absolute atomic E-state index is 0.0338. The van der Waals surface area contributed by atoms with Gasteiger partial charge in [0.05, 0.1) is 17.9 Å². The molecule has 1 fully saturated rings. The van der Waals surface area contributed by atoms with Gasteiger partial charge in [-0.1, -0.05) is 12.8 Å². The third-order valence-electron chi connectivity index (χ3n) is 2.61. The predicted molar refractivity (Wildman–Crippen MR) is 56.7 cm³/mol. The molecule has 1 heterocycles. The van der Waals surface area contributed by atoms with E-state index in [0.717, 1.165) is 25.7 Å². The second kappa shape index (κ2) is 4.94. The molecule has 0 aliphatic heterocycles. The summed E-state index contributed by atoms with van der Waals surface area (Å²) in [6.45, 7) is 0. The predicted octanol–water partition coefficient (Wildman–Crippen LogP) is 1.39. The number of aromatic nitrogens is 1. The van der Waals surface area contributed by atoms with Crippen LogP contribution in [0.3, 0.4) is 0 Å². The lowest BCUT2D eigenvalue weighted by atomic mass is 10.3. The first-order chi connectivity index (χ1) is 7.75. The molecule has 5 nitrogen and oxygen atoms in total. The van der Waals surface area contributed by atoms with E-state index < -0.39 is 0 Å². The summed E-state index contributed by atoms with van der Waals surface area (Å²) in [5.74, 6) is -0.413. The number of rotatable bonds is 3. The van der Waals surface area contributed by atoms with Crippen LogP contribution in [0.2, 0.25) is 0 Å². The molecule has 0 atom stereocenters. The van der Waals surface area contributed by atoms with E-state index in [1.54, 1.807) is 0 Å². The summed E-state index contributed by atoms with van der Waals surface area (Å²) < 4.78 is 0. The highest BCUT2D eigenvalue weighted by Crippen LogP contribution is 2.20. The van der Waals surface area contributed by atoms with Crippen LogP contribution >= 0.6 is 0 Å². The van der Waals surface area contributed by atoms with Crippen molar-refractivity contribution in [2.24, 2.45) is 0 Å². The lowest BCUT2D eigenvalue weighted by Crippen LogP contribution is -2.28.